The topological polar surface area (TPSA) is 62.7 Å². The van der Waals surface area contributed by atoms with Crippen LogP contribution in [0.5, 0.6) is 0 Å². The Labute approximate surface area is 128 Å². The Balaban J connectivity index is 1.69. The van der Waals surface area contributed by atoms with Gasteiger partial charge in [0.1, 0.15) is 0 Å². The Morgan fingerprint density at radius 2 is 2.18 bits per heavy atom. The summed E-state index contributed by atoms with van der Waals surface area (Å²) in [6.45, 7) is 3.01. The van der Waals surface area contributed by atoms with Crippen LogP contribution in [0.2, 0.25) is 0 Å². The molecule has 1 aromatic carbocycles. The minimum Gasteiger partial charge on any atom is -0.340 e. The van der Waals surface area contributed by atoms with Crippen LogP contribution in [-0.2, 0) is 11.3 Å². The number of amides is 1. The summed E-state index contributed by atoms with van der Waals surface area (Å²) < 4.78 is 2.25. The van der Waals surface area contributed by atoms with E-state index in [9.17, 15) is 4.79 Å². The van der Waals surface area contributed by atoms with Crippen LogP contribution in [0.4, 0.5) is 5.82 Å². The molecule has 0 atom stereocenters. The zero-order valence-corrected chi connectivity index (χ0v) is 12.5. The van der Waals surface area contributed by atoms with Gasteiger partial charge in [0.25, 0.3) is 0 Å². The van der Waals surface area contributed by atoms with E-state index in [0.29, 0.717) is 5.82 Å². The maximum Gasteiger partial charge on any atom is 0.228 e. The largest absolute Gasteiger partial charge is 0.340 e. The van der Waals surface area contributed by atoms with Gasteiger partial charge in [-0.2, -0.15) is 5.10 Å². The van der Waals surface area contributed by atoms with Gasteiger partial charge in [0.15, 0.2) is 5.82 Å². The highest BCUT2D eigenvalue weighted by Gasteiger charge is 2.30. The van der Waals surface area contributed by atoms with Gasteiger partial charge in [-0.25, -0.2) is 0 Å². The zero-order valence-electron chi connectivity index (χ0n) is 12.5. The maximum absolute atomic E-state index is 11.8. The number of para-hydroxylation sites is 1. The summed E-state index contributed by atoms with van der Waals surface area (Å²) in [4.78, 5) is 11.8. The first-order chi connectivity index (χ1) is 10.8. The molecule has 5 nitrogen and oxygen atoms in total. The van der Waals surface area contributed by atoms with Crippen molar-refractivity contribution in [2.45, 2.75) is 26.3 Å². The zero-order chi connectivity index (χ0) is 15.1. The second kappa shape index (κ2) is 5.02. The van der Waals surface area contributed by atoms with Crippen molar-refractivity contribution >= 4 is 22.6 Å². The Hall–Kier alpha value is -2.56. The third-order valence-corrected chi connectivity index (χ3v) is 4.18. The lowest BCUT2D eigenvalue weighted by atomic mass is 10.2. The highest BCUT2D eigenvalue weighted by atomic mass is 16.2. The SMILES string of the molecule is CCn1c(-c2cc(NC(=O)C3CC3)n[nH]2)cc2ccccc21. The lowest BCUT2D eigenvalue weighted by Crippen LogP contribution is -2.13. The Bertz CT molecular complexity index is 841. The fourth-order valence-corrected chi connectivity index (χ4v) is 2.86. The molecule has 2 N–H and O–H groups in total. The molecule has 1 fully saturated rings. The average Bonchev–Trinajstić information content (AvgIpc) is 3.18. The molecule has 0 unspecified atom stereocenters. The quantitative estimate of drug-likeness (QED) is 0.774. The van der Waals surface area contributed by atoms with Gasteiger partial charge in [-0.3, -0.25) is 9.89 Å². The molecule has 4 rings (SSSR count). The normalized spacial score (nSPS) is 14.4. The lowest BCUT2D eigenvalue weighted by Gasteiger charge is -2.05. The van der Waals surface area contributed by atoms with Crippen molar-refractivity contribution in [1.29, 1.82) is 0 Å². The number of hydrogen-bond donors (Lipinski definition) is 2. The summed E-state index contributed by atoms with van der Waals surface area (Å²) in [6, 6.07) is 12.4. The number of fused-ring (bicyclic) bond motifs is 1. The first-order valence-corrected chi connectivity index (χ1v) is 7.71. The number of benzene rings is 1. The summed E-state index contributed by atoms with van der Waals surface area (Å²) in [5, 5.41) is 11.3. The van der Waals surface area contributed by atoms with E-state index in [4.69, 9.17) is 0 Å². The van der Waals surface area contributed by atoms with Crippen LogP contribution in [-0.4, -0.2) is 20.7 Å². The van der Waals surface area contributed by atoms with Crippen LogP contribution in [0.15, 0.2) is 36.4 Å². The maximum atomic E-state index is 11.8. The van der Waals surface area contributed by atoms with Crippen molar-refractivity contribution in [2.24, 2.45) is 5.92 Å². The van der Waals surface area contributed by atoms with Gasteiger partial charge < -0.3 is 9.88 Å². The van der Waals surface area contributed by atoms with E-state index in [1.807, 2.05) is 18.2 Å². The van der Waals surface area contributed by atoms with E-state index in [1.165, 1.54) is 10.9 Å². The second-order valence-corrected chi connectivity index (χ2v) is 5.76. The number of aromatic amines is 1. The smallest absolute Gasteiger partial charge is 0.228 e. The number of rotatable bonds is 4. The summed E-state index contributed by atoms with van der Waals surface area (Å²) in [7, 11) is 0. The summed E-state index contributed by atoms with van der Waals surface area (Å²) in [5.41, 5.74) is 3.21. The van der Waals surface area contributed by atoms with Crippen molar-refractivity contribution in [3.63, 3.8) is 0 Å². The Morgan fingerprint density at radius 3 is 2.95 bits per heavy atom. The van der Waals surface area contributed by atoms with Crippen LogP contribution in [0, 0.1) is 5.92 Å². The molecule has 5 heteroatoms. The highest BCUT2D eigenvalue weighted by molar-refractivity contribution is 5.94. The summed E-state index contributed by atoms with van der Waals surface area (Å²) >= 11 is 0. The van der Waals surface area contributed by atoms with E-state index in [-0.39, 0.29) is 11.8 Å². The number of aryl methyl sites for hydroxylation is 1. The minimum atomic E-state index is 0.0779. The molecule has 1 aliphatic carbocycles. The molecule has 0 spiro atoms. The fourth-order valence-electron chi connectivity index (χ4n) is 2.86. The number of carbonyl (C=O) groups excluding carboxylic acids is 1. The van der Waals surface area contributed by atoms with E-state index in [1.54, 1.807) is 0 Å². The third kappa shape index (κ3) is 2.19. The van der Waals surface area contributed by atoms with Crippen molar-refractivity contribution < 1.29 is 4.79 Å². The fraction of sp³-hybridized carbons (Fsp3) is 0.294. The van der Waals surface area contributed by atoms with E-state index in [0.717, 1.165) is 30.8 Å². The molecule has 112 valence electrons. The second-order valence-electron chi connectivity index (χ2n) is 5.76. The molecule has 1 amide bonds. The molecule has 0 bridgehead atoms. The number of H-pyrrole nitrogens is 1. The van der Waals surface area contributed by atoms with Crippen LogP contribution in [0.3, 0.4) is 0 Å². The lowest BCUT2D eigenvalue weighted by molar-refractivity contribution is -0.117. The molecule has 3 aromatic rings. The molecule has 0 radical (unpaired) electrons. The molecule has 0 aliphatic heterocycles. The molecule has 2 heterocycles. The first-order valence-electron chi connectivity index (χ1n) is 7.71. The molecular weight excluding hydrogens is 276 g/mol. The van der Waals surface area contributed by atoms with Gasteiger partial charge >= 0.3 is 0 Å². The van der Waals surface area contributed by atoms with Gasteiger partial charge in [-0.1, -0.05) is 18.2 Å². The molecule has 0 saturated heterocycles. The number of nitrogens with one attached hydrogen (secondary N) is 2. The molecule has 1 aliphatic rings. The van der Waals surface area contributed by atoms with E-state index < -0.39 is 0 Å². The number of hydrogen-bond acceptors (Lipinski definition) is 2. The van der Waals surface area contributed by atoms with Crippen molar-refractivity contribution in [2.75, 3.05) is 5.32 Å². The van der Waals surface area contributed by atoms with Gasteiger partial charge in [0.2, 0.25) is 5.91 Å². The van der Waals surface area contributed by atoms with Crippen LogP contribution >= 0.6 is 0 Å². The van der Waals surface area contributed by atoms with Crippen molar-refractivity contribution in [3.05, 3.63) is 36.4 Å². The summed E-state index contributed by atoms with van der Waals surface area (Å²) in [5.74, 6) is 0.858. The molecule has 1 saturated carbocycles. The highest BCUT2D eigenvalue weighted by Crippen LogP contribution is 2.31. The number of carbonyl (C=O) groups is 1. The molecule has 22 heavy (non-hydrogen) atoms. The van der Waals surface area contributed by atoms with E-state index in [2.05, 4.69) is 45.2 Å². The van der Waals surface area contributed by atoms with Crippen molar-refractivity contribution in [1.82, 2.24) is 14.8 Å². The van der Waals surface area contributed by atoms with E-state index >= 15 is 0 Å². The minimum absolute atomic E-state index is 0.0779. The van der Waals surface area contributed by atoms with Crippen LogP contribution in [0.1, 0.15) is 19.8 Å². The average molecular weight is 294 g/mol. The Morgan fingerprint density at radius 1 is 1.36 bits per heavy atom. The van der Waals surface area contributed by atoms with Crippen LogP contribution in [0.25, 0.3) is 22.3 Å². The summed E-state index contributed by atoms with van der Waals surface area (Å²) in [6.07, 6.45) is 1.99. The molecule has 2 aromatic heterocycles. The van der Waals surface area contributed by atoms with Gasteiger partial charge in [-0.15, -0.1) is 0 Å². The third-order valence-electron chi connectivity index (χ3n) is 4.18. The number of nitrogens with zero attached hydrogens (tertiary/aromatic N) is 2. The molecular formula is C17H18N4O. The predicted molar refractivity (Wildman–Crippen MR) is 86.5 cm³/mol. The predicted octanol–water partition coefficient (Wildman–Crippen LogP) is 3.40. The van der Waals surface area contributed by atoms with Crippen LogP contribution < -0.4 is 5.32 Å². The standard InChI is InChI=1S/C17H18N4O/c1-2-21-14-6-4-3-5-12(14)9-15(21)13-10-16(20-19-13)18-17(22)11-7-8-11/h3-6,9-11H,2,7-8H2,1H3,(H2,18,19,20,22). The first kappa shape index (κ1) is 13.1. The van der Waals surface area contributed by atoms with Gasteiger partial charge in [0, 0.05) is 29.4 Å². The van der Waals surface area contributed by atoms with Crippen molar-refractivity contribution in [3.8, 4) is 11.4 Å². The van der Waals surface area contributed by atoms with Gasteiger partial charge in [0.05, 0.1) is 11.4 Å². The number of aromatic nitrogens is 3. The van der Waals surface area contributed by atoms with Gasteiger partial charge in [-0.05, 0) is 31.9 Å². The monoisotopic (exact) mass is 294 g/mol. The number of anilines is 1. The Kier molecular flexibility index (Phi) is 2.99.